The third-order valence-electron chi connectivity index (χ3n) is 9.50. The molecule has 0 saturated carbocycles. The Bertz CT molecular complexity index is 1710. The van der Waals surface area contributed by atoms with Gasteiger partial charge in [0.05, 0.1) is 14.6 Å². The SMILES string of the molecule is CCCCCCCCCCCCCCCCC(C)c1csc(-c2sc(-c3cccs3)c(-c3cccs3)c2-c2cccs2)c1-c1cccs1. The van der Waals surface area contributed by atoms with Gasteiger partial charge < -0.3 is 0 Å². The minimum absolute atomic E-state index is 0.558. The molecule has 0 aromatic carbocycles. The summed E-state index contributed by atoms with van der Waals surface area (Å²) in [7, 11) is 0. The van der Waals surface area contributed by atoms with Crippen LogP contribution in [0.4, 0.5) is 0 Å². The number of hydrogen-bond acceptors (Lipinski definition) is 6. The van der Waals surface area contributed by atoms with E-state index in [9.17, 15) is 0 Å². The lowest BCUT2D eigenvalue weighted by atomic mass is 9.91. The van der Waals surface area contributed by atoms with Gasteiger partial charge in [0.15, 0.2) is 0 Å². The smallest absolute Gasteiger partial charge is 0.0549 e. The average molecular weight is 747 g/mol. The summed E-state index contributed by atoms with van der Waals surface area (Å²) in [6.07, 6.45) is 21.1. The van der Waals surface area contributed by atoms with E-state index < -0.39 is 0 Å². The van der Waals surface area contributed by atoms with E-state index in [-0.39, 0.29) is 0 Å². The summed E-state index contributed by atoms with van der Waals surface area (Å²) in [6, 6.07) is 18.1. The van der Waals surface area contributed by atoms with Crippen molar-refractivity contribution in [3.8, 4) is 50.8 Å². The minimum Gasteiger partial charge on any atom is -0.144 e. The standard InChI is InChI=1S/C42H50S6/c1-3-4-5-6-7-8-9-10-11-12-13-14-15-16-21-31(2)32-30-47-41(37(32)33-22-17-26-43-33)42-39(35-24-19-28-45-35)38(34-23-18-27-44-34)40(48-42)36-25-20-29-46-36/h17-20,22-31H,3-16,21H2,1-2H3. The largest absolute Gasteiger partial charge is 0.144 e. The lowest BCUT2D eigenvalue weighted by molar-refractivity contribution is 0.524. The Morgan fingerprint density at radius 3 is 1.38 bits per heavy atom. The highest BCUT2D eigenvalue weighted by Gasteiger charge is 2.29. The predicted octanol–water partition coefficient (Wildman–Crippen LogP) is 17.4. The van der Waals surface area contributed by atoms with Gasteiger partial charge in [-0.2, -0.15) is 0 Å². The lowest BCUT2D eigenvalue weighted by Crippen LogP contribution is -1.95. The van der Waals surface area contributed by atoms with Crippen LogP contribution in [0.15, 0.2) is 75.4 Å². The van der Waals surface area contributed by atoms with Gasteiger partial charge in [0.1, 0.15) is 0 Å². The first-order valence-electron chi connectivity index (χ1n) is 18.2. The van der Waals surface area contributed by atoms with Gasteiger partial charge in [-0.15, -0.1) is 68.0 Å². The summed E-state index contributed by atoms with van der Waals surface area (Å²) in [5.41, 5.74) is 5.87. The van der Waals surface area contributed by atoms with Crippen molar-refractivity contribution in [1.82, 2.24) is 0 Å². The van der Waals surface area contributed by atoms with E-state index in [0.29, 0.717) is 5.92 Å². The molecule has 0 radical (unpaired) electrons. The molecule has 1 atom stereocenters. The first-order chi connectivity index (χ1) is 23.8. The maximum absolute atomic E-state index is 2.51. The van der Waals surface area contributed by atoms with Gasteiger partial charge in [0.2, 0.25) is 0 Å². The van der Waals surface area contributed by atoms with Crippen LogP contribution in [0.5, 0.6) is 0 Å². The van der Waals surface area contributed by atoms with Crippen LogP contribution in [-0.4, -0.2) is 0 Å². The fraction of sp³-hybridized carbons (Fsp3) is 0.429. The molecule has 1 unspecified atom stereocenters. The molecule has 0 nitrogen and oxygen atoms in total. The van der Waals surface area contributed by atoms with Gasteiger partial charge in [-0.05, 0) is 69.1 Å². The van der Waals surface area contributed by atoms with E-state index in [2.05, 4.69) is 89.3 Å². The normalized spacial score (nSPS) is 12.3. The van der Waals surface area contributed by atoms with Crippen molar-refractivity contribution in [3.05, 3.63) is 81.0 Å². The predicted molar refractivity (Wildman–Crippen MR) is 224 cm³/mol. The van der Waals surface area contributed by atoms with Crippen LogP contribution >= 0.6 is 68.0 Å². The zero-order valence-corrected chi connectivity index (χ0v) is 33.5. The van der Waals surface area contributed by atoms with Crippen LogP contribution in [0, 0.1) is 0 Å². The van der Waals surface area contributed by atoms with Crippen LogP contribution < -0.4 is 0 Å². The molecule has 0 aliphatic rings. The first-order valence-corrected chi connectivity index (χ1v) is 23.4. The van der Waals surface area contributed by atoms with Gasteiger partial charge >= 0.3 is 0 Å². The molecule has 0 N–H and O–H groups in total. The van der Waals surface area contributed by atoms with Gasteiger partial charge in [0.25, 0.3) is 0 Å². The van der Waals surface area contributed by atoms with Gasteiger partial charge in [-0.1, -0.05) is 128 Å². The highest BCUT2D eigenvalue weighted by atomic mass is 32.1. The van der Waals surface area contributed by atoms with Crippen molar-refractivity contribution in [2.45, 2.75) is 116 Å². The van der Waals surface area contributed by atoms with Gasteiger partial charge in [-0.25, -0.2) is 0 Å². The average Bonchev–Trinajstić information content (AvgIpc) is 3.94. The van der Waals surface area contributed by atoms with Crippen molar-refractivity contribution >= 4 is 68.0 Å². The number of hydrogen-bond donors (Lipinski definition) is 0. The van der Waals surface area contributed by atoms with E-state index in [1.807, 2.05) is 68.0 Å². The van der Waals surface area contributed by atoms with E-state index in [4.69, 9.17) is 0 Å². The highest BCUT2D eigenvalue weighted by molar-refractivity contribution is 7.28. The van der Waals surface area contributed by atoms with Crippen LogP contribution in [-0.2, 0) is 0 Å². The van der Waals surface area contributed by atoms with Crippen LogP contribution in [0.3, 0.4) is 0 Å². The molecule has 0 aliphatic carbocycles. The molecule has 6 rings (SSSR count). The second-order valence-electron chi connectivity index (χ2n) is 13.1. The van der Waals surface area contributed by atoms with Crippen molar-refractivity contribution in [1.29, 1.82) is 0 Å². The molecule has 0 spiro atoms. The lowest BCUT2D eigenvalue weighted by Gasteiger charge is -2.14. The summed E-state index contributed by atoms with van der Waals surface area (Å²) in [4.78, 5) is 9.82. The Morgan fingerprint density at radius 1 is 0.458 bits per heavy atom. The van der Waals surface area contributed by atoms with Crippen molar-refractivity contribution in [2.75, 3.05) is 0 Å². The summed E-state index contributed by atoms with van der Waals surface area (Å²) in [6.45, 7) is 4.78. The highest BCUT2D eigenvalue weighted by Crippen LogP contribution is 2.58. The molecule has 6 aromatic heterocycles. The van der Waals surface area contributed by atoms with E-state index in [1.54, 1.807) is 5.56 Å². The molecule has 6 aromatic rings. The van der Waals surface area contributed by atoms with Crippen molar-refractivity contribution in [2.24, 2.45) is 0 Å². The molecule has 6 heterocycles. The van der Waals surface area contributed by atoms with Crippen LogP contribution in [0.2, 0.25) is 0 Å². The Balaban J connectivity index is 1.15. The summed E-state index contributed by atoms with van der Waals surface area (Å²) in [5, 5.41) is 11.4. The number of rotatable bonds is 21. The fourth-order valence-corrected chi connectivity index (χ4v) is 13.0. The topological polar surface area (TPSA) is 0 Å². The summed E-state index contributed by atoms with van der Waals surface area (Å²) >= 11 is 11.5. The molecule has 6 heteroatoms. The third kappa shape index (κ3) is 9.10. The second kappa shape index (κ2) is 19.0. The fourth-order valence-electron chi connectivity index (χ4n) is 6.86. The zero-order chi connectivity index (χ0) is 33.0. The van der Waals surface area contributed by atoms with Gasteiger partial charge in [-0.3, -0.25) is 0 Å². The van der Waals surface area contributed by atoms with Gasteiger partial charge in [0, 0.05) is 36.2 Å². The monoisotopic (exact) mass is 746 g/mol. The maximum atomic E-state index is 2.51. The van der Waals surface area contributed by atoms with Crippen LogP contribution in [0.1, 0.15) is 122 Å². The molecule has 0 bridgehead atoms. The molecule has 0 fully saturated rings. The first kappa shape index (κ1) is 36.0. The summed E-state index contributed by atoms with van der Waals surface area (Å²) in [5.74, 6) is 0.558. The Morgan fingerprint density at radius 2 is 0.896 bits per heavy atom. The maximum Gasteiger partial charge on any atom is 0.0549 e. The molecular formula is C42H50S6. The molecular weight excluding hydrogens is 697 g/mol. The van der Waals surface area contributed by atoms with Crippen molar-refractivity contribution in [3.63, 3.8) is 0 Å². The second-order valence-corrected chi connectivity index (χ2v) is 18.8. The summed E-state index contributed by atoms with van der Waals surface area (Å²) < 4.78 is 0. The van der Waals surface area contributed by atoms with Crippen LogP contribution in [0.25, 0.3) is 50.8 Å². The minimum atomic E-state index is 0.558. The third-order valence-corrected chi connectivity index (χ3v) is 15.6. The molecule has 254 valence electrons. The number of thiophene rings is 6. The number of unbranched alkanes of at least 4 members (excludes halogenated alkanes) is 13. The Hall–Kier alpha value is -1.80. The Labute approximate surface area is 313 Å². The van der Waals surface area contributed by atoms with E-state index >= 15 is 0 Å². The quantitative estimate of drug-likeness (QED) is 0.0644. The van der Waals surface area contributed by atoms with Crippen molar-refractivity contribution < 1.29 is 0 Å². The van der Waals surface area contributed by atoms with E-state index in [1.165, 1.54) is 147 Å². The molecule has 0 amide bonds. The molecule has 0 aliphatic heterocycles. The zero-order valence-electron chi connectivity index (χ0n) is 28.6. The van der Waals surface area contributed by atoms with E-state index in [0.717, 1.165) is 0 Å². The Kier molecular flexibility index (Phi) is 14.2. The molecule has 0 saturated heterocycles. The molecule has 48 heavy (non-hydrogen) atoms.